The number of hydrogen-bond acceptors (Lipinski definition) is 1. The molecule has 0 aliphatic heterocycles. The molecule has 0 unspecified atom stereocenters. The molecule has 194 valence electrons. The summed E-state index contributed by atoms with van der Waals surface area (Å²) in [6.45, 7) is 4.74. The van der Waals surface area contributed by atoms with E-state index < -0.39 is 0 Å². The van der Waals surface area contributed by atoms with Crippen molar-refractivity contribution in [1.29, 1.82) is 0 Å². The van der Waals surface area contributed by atoms with Crippen molar-refractivity contribution in [3.8, 4) is 27.9 Å². The van der Waals surface area contributed by atoms with Crippen molar-refractivity contribution < 1.29 is 0 Å². The van der Waals surface area contributed by atoms with Gasteiger partial charge in [-0.3, -0.25) is 0 Å². The van der Waals surface area contributed by atoms with Gasteiger partial charge >= 0.3 is 0 Å². The van der Waals surface area contributed by atoms with E-state index in [0.29, 0.717) is 0 Å². The molecule has 0 saturated heterocycles. The van der Waals surface area contributed by atoms with Crippen molar-refractivity contribution in [3.63, 3.8) is 0 Å². The molecular weight excluding hydrogens is 515 g/mol. The first kappa shape index (κ1) is 23.1. The molecule has 0 N–H and O–H groups in total. The van der Waals surface area contributed by atoms with Gasteiger partial charge in [-0.1, -0.05) is 105 Å². The van der Waals surface area contributed by atoms with Crippen molar-refractivity contribution in [2.75, 3.05) is 0 Å². The van der Waals surface area contributed by atoms with E-state index in [0.717, 1.165) is 0 Å². The number of hydrogen-bond donors (Lipinski definition) is 0. The highest BCUT2D eigenvalue weighted by atomic mass is 32.1. The molecule has 2 aromatic heterocycles. The predicted molar refractivity (Wildman–Crippen MR) is 177 cm³/mol. The number of thiophene rings is 1. The van der Waals surface area contributed by atoms with E-state index in [2.05, 4.69) is 146 Å². The van der Waals surface area contributed by atoms with E-state index in [1.807, 2.05) is 11.3 Å². The molecule has 1 aliphatic carbocycles. The molecule has 0 spiro atoms. The van der Waals surface area contributed by atoms with Crippen LogP contribution in [0.1, 0.15) is 25.0 Å². The Bertz CT molecular complexity index is 2330. The Kier molecular flexibility index (Phi) is 4.61. The van der Waals surface area contributed by atoms with Gasteiger partial charge in [0, 0.05) is 42.0 Å². The minimum absolute atomic E-state index is 0.0409. The SMILES string of the molecule is CC1(C)c2ccccc2-c2ccc(-c3cc4sc5ccccc5c4c4c3c3ccccc3n4-c3ccccc3)cc21. The van der Waals surface area contributed by atoms with Crippen LogP contribution in [-0.4, -0.2) is 4.57 Å². The third kappa shape index (κ3) is 3.06. The first-order valence-electron chi connectivity index (χ1n) is 14.3. The Balaban J connectivity index is 1.46. The second-order valence-corrected chi connectivity index (χ2v) is 12.8. The topological polar surface area (TPSA) is 4.93 Å². The lowest BCUT2D eigenvalue weighted by molar-refractivity contribution is 0.660. The molecule has 0 fully saturated rings. The minimum atomic E-state index is -0.0409. The van der Waals surface area contributed by atoms with Gasteiger partial charge in [0.15, 0.2) is 0 Å². The van der Waals surface area contributed by atoms with Crippen LogP contribution in [0.4, 0.5) is 0 Å². The zero-order valence-corrected chi connectivity index (χ0v) is 23.8. The molecule has 1 aliphatic rings. The van der Waals surface area contributed by atoms with Crippen LogP contribution in [0.2, 0.25) is 0 Å². The fourth-order valence-corrected chi connectivity index (χ4v) is 8.46. The van der Waals surface area contributed by atoms with E-state index in [9.17, 15) is 0 Å². The van der Waals surface area contributed by atoms with Crippen LogP contribution in [-0.2, 0) is 5.41 Å². The van der Waals surface area contributed by atoms with Crippen molar-refractivity contribution in [1.82, 2.24) is 4.57 Å². The molecule has 2 heterocycles. The Morgan fingerprint density at radius 2 is 1.24 bits per heavy atom. The summed E-state index contributed by atoms with van der Waals surface area (Å²) in [5.74, 6) is 0. The maximum absolute atomic E-state index is 2.49. The van der Waals surface area contributed by atoms with Crippen LogP contribution in [0.25, 0.3) is 69.9 Å². The van der Waals surface area contributed by atoms with Gasteiger partial charge in [-0.05, 0) is 69.8 Å². The number of rotatable bonds is 2. The first-order chi connectivity index (χ1) is 20.1. The second kappa shape index (κ2) is 8.19. The number of benzene rings is 6. The van der Waals surface area contributed by atoms with Crippen LogP contribution in [0.5, 0.6) is 0 Å². The van der Waals surface area contributed by atoms with E-state index in [-0.39, 0.29) is 5.41 Å². The number of para-hydroxylation sites is 2. The Hall–Kier alpha value is -4.66. The standard InChI is InChI=1S/C39H27NS/c1-39(2)31-17-9-6-14-26(31)27-21-20-24(22-32(27)39)30-23-35-37(29-16-8-11-19-34(29)41-35)38-36(30)28-15-7-10-18-33(28)40(38)25-12-4-3-5-13-25/h3-23H,1-2H3. The van der Waals surface area contributed by atoms with Crippen LogP contribution in [0, 0.1) is 0 Å². The third-order valence-electron chi connectivity index (χ3n) is 9.19. The van der Waals surface area contributed by atoms with Gasteiger partial charge in [-0.15, -0.1) is 11.3 Å². The maximum atomic E-state index is 2.49. The molecular formula is C39H27NS. The molecule has 0 atom stereocenters. The lowest BCUT2D eigenvalue weighted by Gasteiger charge is -2.22. The summed E-state index contributed by atoms with van der Waals surface area (Å²) in [7, 11) is 0. The minimum Gasteiger partial charge on any atom is -0.309 e. The highest BCUT2D eigenvalue weighted by Crippen LogP contribution is 2.51. The van der Waals surface area contributed by atoms with E-state index >= 15 is 0 Å². The zero-order valence-electron chi connectivity index (χ0n) is 23.0. The molecule has 1 nitrogen and oxygen atoms in total. The monoisotopic (exact) mass is 541 g/mol. The molecule has 0 radical (unpaired) electrons. The number of fused-ring (bicyclic) bond motifs is 10. The Morgan fingerprint density at radius 1 is 0.537 bits per heavy atom. The molecule has 9 rings (SSSR count). The zero-order chi connectivity index (χ0) is 27.3. The molecule has 0 bridgehead atoms. The summed E-state index contributed by atoms with van der Waals surface area (Å²) in [6.07, 6.45) is 0. The van der Waals surface area contributed by atoms with Crippen LogP contribution in [0.3, 0.4) is 0 Å². The molecule has 8 aromatic rings. The fourth-order valence-electron chi connectivity index (χ4n) is 7.31. The highest BCUT2D eigenvalue weighted by Gasteiger charge is 2.35. The van der Waals surface area contributed by atoms with Crippen LogP contribution in [0.15, 0.2) is 127 Å². The highest BCUT2D eigenvalue weighted by molar-refractivity contribution is 7.26. The Morgan fingerprint density at radius 3 is 2.12 bits per heavy atom. The number of aromatic nitrogens is 1. The summed E-state index contributed by atoms with van der Waals surface area (Å²) < 4.78 is 5.15. The van der Waals surface area contributed by atoms with Crippen LogP contribution >= 0.6 is 11.3 Å². The molecule has 0 amide bonds. The lowest BCUT2D eigenvalue weighted by Crippen LogP contribution is -2.14. The van der Waals surface area contributed by atoms with Gasteiger partial charge in [-0.25, -0.2) is 0 Å². The van der Waals surface area contributed by atoms with Gasteiger partial charge in [0.05, 0.1) is 11.0 Å². The van der Waals surface area contributed by atoms with E-state index in [4.69, 9.17) is 0 Å². The maximum Gasteiger partial charge on any atom is 0.0640 e. The summed E-state index contributed by atoms with van der Waals surface area (Å²) in [6, 6.07) is 47.2. The lowest BCUT2D eigenvalue weighted by atomic mass is 9.81. The molecule has 2 heteroatoms. The predicted octanol–water partition coefficient (Wildman–Crippen LogP) is 11.1. The third-order valence-corrected chi connectivity index (χ3v) is 10.3. The second-order valence-electron chi connectivity index (χ2n) is 11.7. The van der Waals surface area contributed by atoms with Crippen molar-refractivity contribution >= 4 is 53.3 Å². The van der Waals surface area contributed by atoms with Crippen LogP contribution < -0.4 is 0 Å². The average Bonchev–Trinajstić information content (AvgIpc) is 3.63. The summed E-state index contributed by atoms with van der Waals surface area (Å²) in [5.41, 5.74) is 11.8. The largest absolute Gasteiger partial charge is 0.309 e. The fraction of sp³-hybridized carbons (Fsp3) is 0.0769. The van der Waals surface area contributed by atoms with Gasteiger partial charge < -0.3 is 4.57 Å². The van der Waals surface area contributed by atoms with Crippen molar-refractivity contribution in [2.45, 2.75) is 19.3 Å². The summed E-state index contributed by atoms with van der Waals surface area (Å²) in [4.78, 5) is 0. The smallest absolute Gasteiger partial charge is 0.0640 e. The summed E-state index contributed by atoms with van der Waals surface area (Å²) >= 11 is 1.90. The summed E-state index contributed by atoms with van der Waals surface area (Å²) in [5, 5.41) is 5.29. The van der Waals surface area contributed by atoms with E-state index in [1.54, 1.807) is 0 Å². The normalized spacial score (nSPS) is 13.8. The molecule has 6 aromatic carbocycles. The molecule has 41 heavy (non-hydrogen) atoms. The van der Waals surface area contributed by atoms with Gasteiger partial charge in [0.1, 0.15) is 0 Å². The molecule has 0 saturated carbocycles. The Labute approximate surface area is 242 Å². The van der Waals surface area contributed by atoms with E-state index in [1.165, 1.54) is 81.0 Å². The van der Waals surface area contributed by atoms with Gasteiger partial charge in [0.2, 0.25) is 0 Å². The van der Waals surface area contributed by atoms with Gasteiger partial charge in [0.25, 0.3) is 0 Å². The quantitative estimate of drug-likeness (QED) is 0.205. The van der Waals surface area contributed by atoms with Crippen molar-refractivity contribution in [3.05, 3.63) is 139 Å². The van der Waals surface area contributed by atoms with Crippen molar-refractivity contribution in [2.24, 2.45) is 0 Å². The first-order valence-corrected chi connectivity index (χ1v) is 15.1. The number of nitrogens with zero attached hydrogens (tertiary/aromatic N) is 1. The average molecular weight is 542 g/mol. The van der Waals surface area contributed by atoms with Gasteiger partial charge in [-0.2, -0.15) is 0 Å².